The highest BCUT2D eigenvalue weighted by atomic mass is 14.9. The first-order valence-corrected chi connectivity index (χ1v) is 7.00. The van der Waals surface area contributed by atoms with Gasteiger partial charge in [-0.25, -0.2) is 0 Å². The molecule has 0 aromatic heterocycles. The zero-order valence-corrected chi connectivity index (χ0v) is 10.9. The molecule has 0 heterocycles. The van der Waals surface area contributed by atoms with Gasteiger partial charge < -0.3 is 5.32 Å². The third-order valence-corrected chi connectivity index (χ3v) is 4.10. The van der Waals surface area contributed by atoms with Crippen molar-refractivity contribution in [2.45, 2.75) is 84.2 Å². The molecule has 0 amide bonds. The Morgan fingerprint density at radius 2 is 1.53 bits per heavy atom. The Morgan fingerprint density at radius 3 is 2.07 bits per heavy atom. The molecule has 90 valence electrons. The molecule has 0 aliphatic heterocycles. The summed E-state index contributed by atoms with van der Waals surface area (Å²) >= 11 is 0. The van der Waals surface area contributed by atoms with Crippen molar-refractivity contribution in [2.75, 3.05) is 0 Å². The molecule has 1 heteroatoms. The lowest BCUT2D eigenvalue weighted by Crippen LogP contribution is -2.40. The second-order valence-corrected chi connectivity index (χ2v) is 5.38. The maximum Gasteiger partial charge on any atom is 0.00696 e. The van der Waals surface area contributed by atoms with Gasteiger partial charge in [0.05, 0.1) is 0 Å². The van der Waals surface area contributed by atoms with E-state index in [1.165, 1.54) is 51.4 Å². The summed E-state index contributed by atoms with van der Waals surface area (Å²) in [4.78, 5) is 0. The van der Waals surface area contributed by atoms with E-state index in [2.05, 4.69) is 26.1 Å². The van der Waals surface area contributed by atoms with Crippen LogP contribution in [0.15, 0.2) is 0 Å². The third-order valence-electron chi connectivity index (χ3n) is 4.10. The van der Waals surface area contributed by atoms with Crippen LogP contribution in [0.25, 0.3) is 0 Å². The van der Waals surface area contributed by atoms with Crippen molar-refractivity contribution < 1.29 is 0 Å². The second kappa shape index (κ2) is 7.27. The Hall–Kier alpha value is -0.0400. The van der Waals surface area contributed by atoms with E-state index in [1.807, 2.05) is 0 Å². The van der Waals surface area contributed by atoms with E-state index in [9.17, 15) is 0 Å². The molecule has 0 bridgehead atoms. The molecule has 2 unspecified atom stereocenters. The van der Waals surface area contributed by atoms with Crippen LogP contribution in [-0.4, -0.2) is 12.1 Å². The summed E-state index contributed by atoms with van der Waals surface area (Å²) in [7, 11) is 0. The summed E-state index contributed by atoms with van der Waals surface area (Å²) in [5.74, 6) is 0.815. The van der Waals surface area contributed by atoms with Gasteiger partial charge in [-0.15, -0.1) is 0 Å². The van der Waals surface area contributed by atoms with Crippen molar-refractivity contribution in [1.82, 2.24) is 5.32 Å². The Balaban J connectivity index is 2.27. The van der Waals surface area contributed by atoms with Gasteiger partial charge >= 0.3 is 0 Å². The zero-order chi connectivity index (χ0) is 11.1. The minimum Gasteiger partial charge on any atom is -0.311 e. The smallest absolute Gasteiger partial charge is 0.00696 e. The lowest BCUT2D eigenvalue weighted by atomic mass is 9.94. The highest BCUT2D eigenvalue weighted by Gasteiger charge is 2.16. The van der Waals surface area contributed by atoms with Crippen LogP contribution >= 0.6 is 0 Å². The Morgan fingerprint density at radius 1 is 1.00 bits per heavy atom. The van der Waals surface area contributed by atoms with Gasteiger partial charge in [-0.1, -0.05) is 52.4 Å². The fraction of sp³-hybridized carbons (Fsp3) is 1.00. The van der Waals surface area contributed by atoms with Gasteiger partial charge in [0, 0.05) is 12.1 Å². The lowest BCUT2D eigenvalue weighted by molar-refractivity contribution is 0.307. The lowest BCUT2D eigenvalue weighted by Gasteiger charge is -2.28. The summed E-state index contributed by atoms with van der Waals surface area (Å²) in [6.07, 6.45) is 11.3. The van der Waals surface area contributed by atoms with E-state index in [0.717, 1.165) is 12.0 Å². The Kier molecular flexibility index (Phi) is 6.31. The number of hydrogen-bond donors (Lipinski definition) is 1. The van der Waals surface area contributed by atoms with Crippen molar-refractivity contribution >= 4 is 0 Å². The molecular formula is C14H29N. The molecule has 1 fully saturated rings. The Bertz CT molecular complexity index is 147. The van der Waals surface area contributed by atoms with Crippen LogP contribution in [0, 0.1) is 5.92 Å². The van der Waals surface area contributed by atoms with Crippen LogP contribution in [0.2, 0.25) is 0 Å². The van der Waals surface area contributed by atoms with Crippen LogP contribution in [0.4, 0.5) is 0 Å². The van der Waals surface area contributed by atoms with Gasteiger partial charge in [-0.2, -0.15) is 0 Å². The number of rotatable bonds is 4. The van der Waals surface area contributed by atoms with Crippen LogP contribution in [-0.2, 0) is 0 Å². The maximum atomic E-state index is 3.84. The molecule has 0 aromatic carbocycles. The van der Waals surface area contributed by atoms with Crippen LogP contribution < -0.4 is 5.32 Å². The van der Waals surface area contributed by atoms with Gasteiger partial charge in [0.2, 0.25) is 0 Å². The van der Waals surface area contributed by atoms with Crippen molar-refractivity contribution in [3.8, 4) is 0 Å². The monoisotopic (exact) mass is 211 g/mol. The molecule has 0 aromatic rings. The van der Waals surface area contributed by atoms with Gasteiger partial charge in [0.15, 0.2) is 0 Å². The van der Waals surface area contributed by atoms with Crippen LogP contribution in [0.3, 0.4) is 0 Å². The van der Waals surface area contributed by atoms with Gasteiger partial charge in [0.25, 0.3) is 0 Å². The minimum absolute atomic E-state index is 0.694. The second-order valence-electron chi connectivity index (χ2n) is 5.38. The fourth-order valence-corrected chi connectivity index (χ4v) is 2.51. The number of hydrogen-bond acceptors (Lipinski definition) is 1. The largest absolute Gasteiger partial charge is 0.311 e. The quantitative estimate of drug-likeness (QED) is 0.737. The molecule has 0 radical (unpaired) electrons. The topological polar surface area (TPSA) is 12.0 Å². The van der Waals surface area contributed by atoms with Gasteiger partial charge in [0.1, 0.15) is 0 Å². The zero-order valence-electron chi connectivity index (χ0n) is 10.9. The first-order valence-electron chi connectivity index (χ1n) is 7.00. The van der Waals surface area contributed by atoms with E-state index in [4.69, 9.17) is 0 Å². The molecule has 0 saturated heterocycles. The van der Waals surface area contributed by atoms with E-state index in [-0.39, 0.29) is 0 Å². The average molecular weight is 211 g/mol. The summed E-state index contributed by atoms with van der Waals surface area (Å²) < 4.78 is 0. The van der Waals surface area contributed by atoms with Crippen LogP contribution in [0.5, 0.6) is 0 Å². The van der Waals surface area contributed by atoms with Crippen LogP contribution in [0.1, 0.15) is 72.1 Å². The standard InChI is InChI=1S/C14H29N/c1-4-12(2)13(3)15-14-10-8-6-5-7-9-11-14/h12-15H,4-11H2,1-3H3. The molecule has 1 aliphatic rings. The first-order chi connectivity index (χ1) is 7.24. The molecule has 1 rings (SSSR count). The molecule has 15 heavy (non-hydrogen) atoms. The van der Waals surface area contributed by atoms with E-state index >= 15 is 0 Å². The van der Waals surface area contributed by atoms with Crippen molar-refractivity contribution in [3.05, 3.63) is 0 Å². The molecule has 1 saturated carbocycles. The average Bonchev–Trinajstić information content (AvgIpc) is 2.20. The molecule has 1 N–H and O–H groups in total. The normalized spacial score (nSPS) is 24.2. The van der Waals surface area contributed by atoms with Gasteiger partial charge in [-0.3, -0.25) is 0 Å². The van der Waals surface area contributed by atoms with Crippen molar-refractivity contribution in [3.63, 3.8) is 0 Å². The summed E-state index contributed by atoms with van der Waals surface area (Å²) in [5, 5.41) is 3.84. The van der Waals surface area contributed by atoms with E-state index < -0.39 is 0 Å². The summed E-state index contributed by atoms with van der Waals surface area (Å²) in [6.45, 7) is 7.01. The highest BCUT2D eigenvalue weighted by molar-refractivity contribution is 4.76. The molecule has 1 nitrogen and oxygen atoms in total. The molecule has 1 aliphatic carbocycles. The van der Waals surface area contributed by atoms with E-state index in [1.54, 1.807) is 0 Å². The highest BCUT2D eigenvalue weighted by Crippen LogP contribution is 2.18. The van der Waals surface area contributed by atoms with E-state index in [0.29, 0.717) is 6.04 Å². The van der Waals surface area contributed by atoms with Crippen molar-refractivity contribution in [1.29, 1.82) is 0 Å². The fourth-order valence-electron chi connectivity index (χ4n) is 2.51. The molecule has 2 atom stereocenters. The van der Waals surface area contributed by atoms with Gasteiger partial charge in [-0.05, 0) is 25.7 Å². The first kappa shape index (κ1) is 13.0. The summed E-state index contributed by atoms with van der Waals surface area (Å²) in [6, 6.07) is 1.49. The predicted molar refractivity (Wildman–Crippen MR) is 68.2 cm³/mol. The minimum atomic E-state index is 0.694. The Labute approximate surface area is 96.0 Å². The molecular weight excluding hydrogens is 182 g/mol. The predicted octanol–water partition coefficient (Wildman–Crippen LogP) is 4.12. The summed E-state index contributed by atoms with van der Waals surface area (Å²) in [5.41, 5.74) is 0. The number of nitrogens with one attached hydrogen (secondary N) is 1. The SMILES string of the molecule is CCC(C)C(C)NC1CCCCCCC1. The third kappa shape index (κ3) is 5.01. The molecule has 0 spiro atoms. The van der Waals surface area contributed by atoms with Crippen molar-refractivity contribution in [2.24, 2.45) is 5.92 Å². The maximum absolute atomic E-state index is 3.84.